The lowest BCUT2D eigenvalue weighted by atomic mass is 9.43. The minimum atomic E-state index is -0.222. The lowest BCUT2D eigenvalue weighted by Crippen LogP contribution is -2.57. The van der Waals surface area contributed by atoms with E-state index in [1.54, 1.807) is 0 Å². The van der Waals surface area contributed by atoms with Gasteiger partial charge in [-0.2, -0.15) is 0 Å². The Labute approximate surface area is 181 Å². The molecule has 4 unspecified atom stereocenters. The Bertz CT molecular complexity index is 701. The van der Waals surface area contributed by atoms with E-state index in [9.17, 15) is 14.4 Å². The summed E-state index contributed by atoms with van der Waals surface area (Å²) in [4.78, 5) is 36.8. The molecule has 4 nitrogen and oxygen atoms in total. The van der Waals surface area contributed by atoms with Gasteiger partial charge in [0.2, 0.25) is 0 Å². The van der Waals surface area contributed by atoms with Crippen LogP contribution in [-0.4, -0.2) is 25.1 Å². The van der Waals surface area contributed by atoms with Gasteiger partial charge in [0.05, 0.1) is 7.11 Å². The molecule has 0 amide bonds. The van der Waals surface area contributed by atoms with E-state index in [2.05, 4.69) is 20.8 Å². The third-order valence-corrected chi connectivity index (χ3v) is 10.5. The van der Waals surface area contributed by atoms with E-state index in [4.69, 9.17) is 4.74 Å². The van der Waals surface area contributed by atoms with Gasteiger partial charge in [-0.05, 0) is 92.3 Å². The second-order valence-corrected chi connectivity index (χ2v) is 11.5. The number of rotatable bonds is 5. The number of ether oxygens (including phenoxy) is 1. The Morgan fingerprint density at radius 1 is 1.17 bits per heavy atom. The maximum atomic E-state index is 13.8. The smallest absolute Gasteiger partial charge is 0.305 e. The number of carbonyl (C=O) groups is 3. The Hall–Kier alpha value is -1.19. The van der Waals surface area contributed by atoms with E-state index in [1.807, 2.05) is 0 Å². The van der Waals surface area contributed by atoms with Crippen LogP contribution in [0.2, 0.25) is 0 Å². The SMILES string of the molecule is COC(=O)CC[C@@H](C)C1CCC2C3CC[C@@H]4C[C@@H](C=O)CC[C@]4(C)C3CC(=O)[C@@]21C. The second-order valence-electron chi connectivity index (χ2n) is 11.5. The highest BCUT2D eigenvalue weighted by Crippen LogP contribution is 2.67. The minimum absolute atomic E-state index is 0.145. The Morgan fingerprint density at radius 3 is 2.63 bits per heavy atom. The van der Waals surface area contributed by atoms with Gasteiger partial charge in [-0.25, -0.2) is 0 Å². The zero-order valence-corrected chi connectivity index (χ0v) is 19.3. The molecule has 168 valence electrons. The van der Waals surface area contributed by atoms with Crippen molar-refractivity contribution in [1.82, 2.24) is 0 Å². The molecule has 0 N–H and O–H groups in total. The number of aldehydes is 1. The van der Waals surface area contributed by atoms with E-state index < -0.39 is 0 Å². The summed E-state index contributed by atoms with van der Waals surface area (Å²) in [6, 6.07) is 0. The van der Waals surface area contributed by atoms with E-state index >= 15 is 0 Å². The van der Waals surface area contributed by atoms with Crippen LogP contribution in [0.15, 0.2) is 0 Å². The summed E-state index contributed by atoms with van der Waals surface area (Å²) < 4.78 is 4.84. The molecule has 4 aliphatic carbocycles. The summed E-state index contributed by atoms with van der Waals surface area (Å²) in [5, 5.41) is 0. The Morgan fingerprint density at radius 2 is 1.93 bits per heavy atom. The first-order valence-corrected chi connectivity index (χ1v) is 12.3. The first-order valence-electron chi connectivity index (χ1n) is 12.3. The van der Waals surface area contributed by atoms with Crippen molar-refractivity contribution in [2.45, 2.75) is 85.0 Å². The molecule has 4 heteroatoms. The predicted molar refractivity (Wildman–Crippen MR) is 116 cm³/mol. The highest BCUT2D eigenvalue weighted by molar-refractivity contribution is 5.87. The van der Waals surface area contributed by atoms with Crippen LogP contribution in [0.3, 0.4) is 0 Å². The summed E-state index contributed by atoms with van der Waals surface area (Å²) in [6.45, 7) is 6.94. The molecule has 0 aliphatic heterocycles. The van der Waals surface area contributed by atoms with Crippen molar-refractivity contribution >= 4 is 18.0 Å². The third kappa shape index (κ3) is 3.28. The van der Waals surface area contributed by atoms with Crippen molar-refractivity contribution in [3.05, 3.63) is 0 Å². The average Bonchev–Trinajstić information content (AvgIpc) is 3.10. The number of Topliss-reactive ketones (excluding diaryl/α,β-unsaturated/α-hetero) is 1. The van der Waals surface area contributed by atoms with Crippen molar-refractivity contribution in [1.29, 1.82) is 0 Å². The maximum Gasteiger partial charge on any atom is 0.305 e. The fraction of sp³-hybridized carbons (Fsp3) is 0.885. The Kier molecular flexibility index (Phi) is 5.91. The van der Waals surface area contributed by atoms with Crippen molar-refractivity contribution in [3.63, 3.8) is 0 Å². The van der Waals surface area contributed by atoms with Gasteiger partial charge in [-0.3, -0.25) is 9.59 Å². The monoisotopic (exact) mass is 416 g/mol. The molecule has 4 fully saturated rings. The minimum Gasteiger partial charge on any atom is -0.469 e. The summed E-state index contributed by atoms with van der Waals surface area (Å²) in [5.41, 5.74) is 0.00784. The molecule has 0 radical (unpaired) electrons. The van der Waals surface area contributed by atoms with Crippen LogP contribution in [0, 0.1) is 52.3 Å². The highest BCUT2D eigenvalue weighted by Gasteiger charge is 2.63. The molecule has 4 rings (SSSR count). The molecule has 0 saturated heterocycles. The summed E-state index contributed by atoms with van der Waals surface area (Å²) in [7, 11) is 1.45. The normalized spacial score (nSPS) is 46.3. The molecule has 9 atom stereocenters. The molecule has 0 heterocycles. The van der Waals surface area contributed by atoms with Crippen LogP contribution in [0.5, 0.6) is 0 Å². The number of ketones is 1. The first kappa shape index (κ1) is 22.0. The lowest BCUT2D eigenvalue weighted by molar-refractivity contribution is -0.159. The van der Waals surface area contributed by atoms with Gasteiger partial charge in [0.1, 0.15) is 12.1 Å². The van der Waals surface area contributed by atoms with Crippen LogP contribution in [0.4, 0.5) is 0 Å². The number of carbonyl (C=O) groups excluding carboxylic acids is 3. The summed E-state index contributed by atoms with van der Waals surface area (Å²) in [5.74, 6) is 3.58. The van der Waals surface area contributed by atoms with Gasteiger partial charge >= 0.3 is 5.97 Å². The summed E-state index contributed by atoms with van der Waals surface area (Å²) in [6.07, 6.45) is 11.1. The molecule has 0 aromatic rings. The topological polar surface area (TPSA) is 60.4 Å². The van der Waals surface area contributed by atoms with Gasteiger partial charge in [0.15, 0.2) is 0 Å². The first-order chi connectivity index (χ1) is 14.3. The molecule has 0 bridgehead atoms. The summed E-state index contributed by atoms with van der Waals surface area (Å²) >= 11 is 0. The molecule has 0 aromatic heterocycles. The van der Waals surface area contributed by atoms with Gasteiger partial charge < -0.3 is 9.53 Å². The highest BCUT2D eigenvalue weighted by atomic mass is 16.5. The van der Waals surface area contributed by atoms with Crippen molar-refractivity contribution in [2.75, 3.05) is 7.11 Å². The molecule has 0 spiro atoms. The molecular formula is C26H40O4. The van der Waals surface area contributed by atoms with Crippen molar-refractivity contribution < 1.29 is 19.1 Å². The maximum absolute atomic E-state index is 13.8. The van der Waals surface area contributed by atoms with Crippen LogP contribution in [0.25, 0.3) is 0 Å². The molecule has 4 saturated carbocycles. The van der Waals surface area contributed by atoms with E-state index in [1.165, 1.54) is 26.2 Å². The molecule has 4 aliphatic rings. The lowest BCUT2D eigenvalue weighted by Gasteiger charge is -2.60. The Balaban J connectivity index is 1.54. The largest absolute Gasteiger partial charge is 0.469 e. The van der Waals surface area contributed by atoms with Gasteiger partial charge in [0, 0.05) is 24.2 Å². The zero-order chi connectivity index (χ0) is 21.7. The van der Waals surface area contributed by atoms with Crippen LogP contribution < -0.4 is 0 Å². The van der Waals surface area contributed by atoms with Crippen LogP contribution >= 0.6 is 0 Å². The number of fused-ring (bicyclic) bond motifs is 5. The van der Waals surface area contributed by atoms with E-state index in [0.29, 0.717) is 47.7 Å². The zero-order valence-electron chi connectivity index (χ0n) is 19.3. The molecule has 30 heavy (non-hydrogen) atoms. The van der Waals surface area contributed by atoms with Gasteiger partial charge in [0.25, 0.3) is 0 Å². The average molecular weight is 417 g/mol. The number of hydrogen-bond donors (Lipinski definition) is 0. The number of esters is 1. The fourth-order valence-corrected chi connectivity index (χ4v) is 8.71. The standard InChI is InChI=1S/C26H40O4/c1-16(5-10-24(29)30-4)20-8-9-21-19-7-6-18-13-17(15-27)11-12-25(18,2)22(19)14-23(28)26(20,21)3/h15-22H,5-14H2,1-4H3/t16-,17+,18-,19?,20?,21?,22?,25+,26-/m1/s1. The van der Waals surface area contributed by atoms with E-state index in [0.717, 1.165) is 44.9 Å². The van der Waals surface area contributed by atoms with Crippen molar-refractivity contribution in [3.8, 4) is 0 Å². The molecular weight excluding hydrogens is 376 g/mol. The molecule has 0 aromatic carbocycles. The van der Waals surface area contributed by atoms with Crippen molar-refractivity contribution in [2.24, 2.45) is 52.3 Å². The number of hydrogen-bond acceptors (Lipinski definition) is 4. The number of methoxy groups -OCH3 is 1. The fourth-order valence-electron chi connectivity index (χ4n) is 8.71. The second kappa shape index (κ2) is 8.06. The van der Waals surface area contributed by atoms with E-state index in [-0.39, 0.29) is 22.7 Å². The quantitative estimate of drug-likeness (QED) is 0.455. The van der Waals surface area contributed by atoms with Gasteiger partial charge in [-0.1, -0.05) is 20.8 Å². The third-order valence-electron chi connectivity index (χ3n) is 10.5. The predicted octanol–water partition coefficient (Wildman–Crippen LogP) is 5.23. The van der Waals surface area contributed by atoms with Crippen LogP contribution in [-0.2, 0) is 19.1 Å². The van der Waals surface area contributed by atoms with Crippen LogP contribution in [0.1, 0.15) is 85.0 Å². The van der Waals surface area contributed by atoms with Gasteiger partial charge in [-0.15, -0.1) is 0 Å².